The number of hydrogen-bond donors (Lipinski definition) is 1. The molecule has 2 amide bonds. The number of nitrogens with zero attached hydrogens (tertiary/aromatic N) is 2. The van der Waals surface area contributed by atoms with E-state index in [-0.39, 0.29) is 23.1 Å². The van der Waals surface area contributed by atoms with Crippen molar-refractivity contribution in [2.45, 2.75) is 50.4 Å². The molecule has 0 bridgehead atoms. The minimum Gasteiger partial charge on any atom is -0.378 e. The number of hydrogen-bond acceptors (Lipinski definition) is 4. The van der Waals surface area contributed by atoms with Crippen LogP contribution >= 0.6 is 11.8 Å². The summed E-state index contributed by atoms with van der Waals surface area (Å²) in [4.78, 5) is 27.6. The Morgan fingerprint density at radius 3 is 2.48 bits per heavy atom. The molecular weight excluding hydrogens is 288 g/mol. The van der Waals surface area contributed by atoms with Crippen LogP contribution in [0.5, 0.6) is 0 Å². The van der Waals surface area contributed by atoms with Crippen molar-refractivity contribution in [3.63, 3.8) is 0 Å². The Morgan fingerprint density at radius 2 is 1.81 bits per heavy atom. The highest BCUT2D eigenvalue weighted by Gasteiger charge is 2.44. The Labute approximate surface area is 131 Å². The first-order chi connectivity index (χ1) is 9.73. The summed E-state index contributed by atoms with van der Waals surface area (Å²) in [6, 6.07) is 0. The quantitative estimate of drug-likeness (QED) is 0.787. The summed E-state index contributed by atoms with van der Waals surface area (Å²) in [6.45, 7) is 8.00. The van der Waals surface area contributed by atoms with Crippen LogP contribution in [-0.2, 0) is 9.59 Å². The first-order valence-electron chi connectivity index (χ1n) is 7.65. The summed E-state index contributed by atoms with van der Waals surface area (Å²) in [7, 11) is 0. The zero-order valence-corrected chi connectivity index (χ0v) is 14.0. The maximum absolute atomic E-state index is 12.7. The van der Waals surface area contributed by atoms with Gasteiger partial charge in [0.05, 0.1) is 6.54 Å². The highest BCUT2D eigenvalue weighted by molar-refractivity contribution is 8.00. The van der Waals surface area contributed by atoms with Gasteiger partial charge in [-0.3, -0.25) is 9.59 Å². The number of carbonyl (C=O) groups excluding carboxylic acids is 2. The highest BCUT2D eigenvalue weighted by atomic mass is 32.2. The Hall–Kier alpha value is -0.750. The predicted octanol–water partition coefficient (Wildman–Crippen LogP) is 1.10. The molecular formula is C15H26N2O3S. The van der Waals surface area contributed by atoms with E-state index in [2.05, 4.69) is 13.8 Å². The minimum atomic E-state index is -1.40. The molecule has 0 unspecified atom stereocenters. The molecule has 0 radical (unpaired) electrons. The number of likely N-dealkylation sites (tertiary alicyclic amines) is 1. The zero-order valence-electron chi connectivity index (χ0n) is 13.2. The zero-order chi connectivity index (χ0) is 15.7. The van der Waals surface area contributed by atoms with Crippen molar-refractivity contribution < 1.29 is 14.7 Å². The van der Waals surface area contributed by atoms with Crippen LogP contribution in [-0.4, -0.2) is 69.0 Å². The smallest absolute Gasteiger partial charge is 0.256 e. The molecule has 2 fully saturated rings. The van der Waals surface area contributed by atoms with Gasteiger partial charge in [0, 0.05) is 37.1 Å². The molecule has 21 heavy (non-hydrogen) atoms. The molecule has 1 N–H and O–H groups in total. The summed E-state index contributed by atoms with van der Waals surface area (Å²) in [5, 5.41) is 10.7. The molecule has 5 nitrogen and oxygen atoms in total. The molecule has 0 saturated carbocycles. The SMILES string of the molecule is CC(=O)N1CCC[C@](O)(C(=O)N2CCSC(C)(C)CC2)C1. The van der Waals surface area contributed by atoms with Gasteiger partial charge >= 0.3 is 0 Å². The fraction of sp³-hybridized carbons (Fsp3) is 0.867. The lowest BCUT2D eigenvalue weighted by molar-refractivity contribution is -0.159. The standard InChI is InChI=1S/C15H26N2O3S/c1-12(18)17-7-4-5-15(20,11-17)13(19)16-8-6-14(2,3)21-10-9-16/h20H,4-11H2,1-3H3/t15-/m1/s1. The van der Waals surface area contributed by atoms with Crippen molar-refractivity contribution in [2.24, 2.45) is 0 Å². The molecule has 6 heteroatoms. The average molecular weight is 314 g/mol. The first kappa shape index (κ1) is 16.6. The lowest BCUT2D eigenvalue weighted by Gasteiger charge is -2.40. The van der Waals surface area contributed by atoms with E-state index in [1.54, 1.807) is 9.80 Å². The molecule has 0 aromatic carbocycles. The first-order valence-corrected chi connectivity index (χ1v) is 8.63. The van der Waals surface area contributed by atoms with E-state index in [9.17, 15) is 14.7 Å². The van der Waals surface area contributed by atoms with Crippen LogP contribution in [0.4, 0.5) is 0 Å². The number of carbonyl (C=O) groups is 2. The molecule has 1 atom stereocenters. The number of rotatable bonds is 1. The second-order valence-electron chi connectivity index (χ2n) is 6.73. The third-order valence-electron chi connectivity index (χ3n) is 4.44. The lowest BCUT2D eigenvalue weighted by atomic mass is 9.91. The van der Waals surface area contributed by atoms with Gasteiger partial charge in [-0.05, 0) is 19.3 Å². The van der Waals surface area contributed by atoms with Gasteiger partial charge in [0.1, 0.15) is 0 Å². The van der Waals surface area contributed by atoms with Gasteiger partial charge in [0.25, 0.3) is 5.91 Å². The van der Waals surface area contributed by atoms with Gasteiger partial charge in [-0.1, -0.05) is 13.8 Å². The number of amides is 2. The summed E-state index contributed by atoms with van der Waals surface area (Å²) < 4.78 is 0.176. The van der Waals surface area contributed by atoms with Crippen LogP contribution in [0.1, 0.15) is 40.0 Å². The maximum atomic E-state index is 12.7. The summed E-state index contributed by atoms with van der Waals surface area (Å²) >= 11 is 1.87. The number of β-amino-alcohol motifs (C(OH)–C–C–N with tert-alkyl or cyclic N) is 1. The van der Waals surface area contributed by atoms with Crippen LogP contribution in [0.15, 0.2) is 0 Å². The molecule has 0 aromatic rings. The fourth-order valence-corrected chi connectivity index (χ4v) is 4.10. The van der Waals surface area contributed by atoms with E-state index in [1.807, 2.05) is 11.8 Å². The Bertz CT molecular complexity index is 427. The predicted molar refractivity (Wildman–Crippen MR) is 84.2 cm³/mol. The molecule has 2 heterocycles. The molecule has 0 aliphatic carbocycles. The van der Waals surface area contributed by atoms with Crippen molar-refractivity contribution in [2.75, 3.05) is 31.9 Å². The largest absolute Gasteiger partial charge is 0.378 e. The third-order valence-corrected chi connectivity index (χ3v) is 5.81. The normalized spacial score (nSPS) is 29.9. The summed E-state index contributed by atoms with van der Waals surface area (Å²) in [6.07, 6.45) is 2.05. The van der Waals surface area contributed by atoms with Crippen molar-refractivity contribution in [1.29, 1.82) is 0 Å². The molecule has 2 rings (SSSR count). The minimum absolute atomic E-state index is 0.0755. The van der Waals surface area contributed by atoms with E-state index < -0.39 is 5.60 Å². The van der Waals surface area contributed by atoms with Crippen LogP contribution in [0.2, 0.25) is 0 Å². The van der Waals surface area contributed by atoms with E-state index in [4.69, 9.17) is 0 Å². The van der Waals surface area contributed by atoms with Gasteiger partial charge in [0.2, 0.25) is 5.91 Å². The van der Waals surface area contributed by atoms with Crippen LogP contribution < -0.4 is 0 Å². The molecule has 2 aliphatic heterocycles. The summed E-state index contributed by atoms with van der Waals surface area (Å²) in [5.74, 6) is 0.617. The maximum Gasteiger partial charge on any atom is 0.256 e. The number of aliphatic hydroxyl groups is 1. The Balaban J connectivity index is 2.05. The second-order valence-corrected chi connectivity index (χ2v) is 8.53. The average Bonchev–Trinajstić information content (AvgIpc) is 2.59. The van der Waals surface area contributed by atoms with Gasteiger partial charge in [0.15, 0.2) is 5.60 Å². The van der Waals surface area contributed by atoms with E-state index in [0.29, 0.717) is 32.5 Å². The fourth-order valence-electron chi connectivity index (χ4n) is 3.00. The van der Waals surface area contributed by atoms with Crippen molar-refractivity contribution in [3.05, 3.63) is 0 Å². The van der Waals surface area contributed by atoms with Crippen LogP contribution in [0.25, 0.3) is 0 Å². The van der Waals surface area contributed by atoms with Gasteiger partial charge < -0.3 is 14.9 Å². The molecule has 2 saturated heterocycles. The highest BCUT2D eigenvalue weighted by Crippen LogP contribution is 2.32. The molecule has 2 aliphatic rings. The van der Waals surface area contributed by atoms with Gasteiger partial charge in [-0.25, -0.2) is 0 Å². The van der Waals surface area contributed by atoms with Crippen molar-refractivity contribution >= 4 is 23.6 Å². The number of piperidine rings is 1. The van der Waals surface area contributed by atoms with E-state index >= 15 is 0 Å². The lowest BCUT2D eigenvalue weighted by Crippen LogP contribution is -2.59. The van der Waals surface area contributed by atoms with Crippen molar-refractivity contribution in [1.82, 2.24) is 9.80 Å². The summed E-state index contributed by atoms with van der Waals surface area (Å²) in [5.41, 5.74) is -1.40. The van der Waals surface area contributed by atoms with Crippen molar-refractivity contribution in [3.8, 4) is 0 Å². The molecule has 0 aromatic heterocycles. The monoisotopic (exact) mass is 314 g/mol. The van der Waals surface area contributed by atoms with E-state index in [1.165, 1.54) is 6.92 Å². The van der Waals surface area contributed by atoms with Crippen LogP contribution in [0.3, 0.4) is 0 Å². The third kappa shape index (κ3) is 3.92. The molecule has 120 valence electrons. The van der Waals surface area contributed by atoms with Gasteiger partial charge in [-0.2, -0.15) is 11.8 Å². The molecule has 0 spiro atoms. The van der Waals surface area contributed by atoms with Crippen LogP contribution in [0, 0.1) is 0 Å². The Kier molecular flexibility index (Phi) is 4.88. The van der Waals surface area contributed by atoms with Gasteiger partial charge in [-0.15, -0.1) is 0 Å². The van der Waals surface area contributed by atoms with E-state index in [0.717, 1.165) is 12.2 Å². The number of thioether (sulfide) groups is 1. The second kappa shape index (κ2) is 6.16. The Morgan fingerprint density at radius 1 is 1.10 bits per heavy atom. The topological polar surface area (TPSA) is 60.9 Å².